The summed E-state index contributed by atoms with van der Waals surface area (Å²) in [5, 5.41) is 12.9. The minimum atomic E-state index is -0.901. The van der Waals surface area contributed by atoms with Crippen LogP contribution in [0.5, 0.6) is 5.75 Å². The molecule has 7 heteroatoms. The van der Waals surface area contributed by atoms with E-state index in [1.807, 2.05) is 23.2 Å². The number of hydrogen-bond donors (Lipinski definition) is 2. The van der Waals surface area contributed by atoms with Crippen molar-refractivity contribution in [2.75, 3.05) is 16.3 Å². The Kier molecular flexibility index (Phi) is 3.02. The van der Waals surface area contributed by atoms with Crippen LogP contribution >= 0.6 is 0 Å². The van der Waals surface area contributed by atoms with Crippen LogP contribution in [0.1, 0.15) is 0 Å². The minimum Gasteiger partial charge on any atom is -0.457 e. The molecule has 2 N–H and O–H groups in total. The lowest BCUT2D eigenvalue weighted by atomic mass is 10.1. The molecule has 1 aromatic rings. The first kappa shape index (κ1) is 13.7. The highest BCUT2D eigenvalue weighted by Gasteiger charge is 2.38. The van der Waals surface area contributed by atoms with Crippen molar-refractivity contribution < 1.29 is 19.4 Å². The number of ether oxygens (including phenoxy) is 2. The summed E-state index contributed by atoms with van der Waals surface area (Å²) in [6.07, 6.45) is 4.57. The topological polar surface area (TPSA) is 74.3 Å². The summed E-state index contributed by atoms with van der Waals surface area (Å²) < 4.78 is 10.9. The Labute approximate surface area is 132 Å². The van der Waals surface area contributed by atoms with E-state index in [2.05, 4.69) is 11.9 Å². The normalized spacial score (nSPS) is 22.6. The van der Waals surface area contributed by atoms with Gasteiger partial charge < -0.3 is 19.9 Å². The first-order chi connectivity index (χ1) is 11.2. The van der Waals surface area contributed by atoms with E-state index in [1.165, 1.54) is 11.0 Å². The van der Waals surface area contributed by atoms with Gasteiger partial charge in [-0.2, -0.15) is 0 Å². The number of benzene rings is 1. The van der Waals surface area contributed by atoms with Crippen LogP contribution in [0.3, 0.4) is 0 Å². The Morgan fingerprint density at radius 1 is 1.43 bits per heavy atom. The van der Waals surface area contributed by atoms with Gasteiger partial charge in [-0.25, -0.2) is 4.79 Å². The van der Waals surface area contributed by atoms with Gasteiger partial charge in [-0.15, -0.1) is 6.58 Å². The van der Waals surface area contributed by atoms with Crippen molar-refractivity contribution >= 4 is 17.5 Å². The molecule has 7 nitrogen and oxygen atoms in total. The van der Waals surface area contributed by atoms with Gasteiger partial charge in [0.2, 0.25) is 0 Å². The zero-order valence-corrected chi connectivity index (χ0v) is 12.2. The Morgan fingerprint density at radius 3 is 3.09 bits per heavy atom. The number of carbonyl (C=O) groups excluding carboxylic acids is 1. The van der Waals surface area contributed by atoms with Crippen molar-refractivity contribution in [2.45, 2.75) is 12.2 Å². The highest BCUT2D eigenvalue weighted by molar-refractivity contribution is 5.94. The molecule has 3 heterocycles. The van der Waals surface area contributed by atoms with Crippen LogP contribution in [0.4, 0.5) is 16.2 Å². The summed E-state index contributed by atoms with van der Waals surface area (Å²) in [5.74, 6) is 1.37. The van der Waals surface area contributed by atoms with Crippen molar-refractivity contribution in [3.8, 4) is 5.75 Å². The number of anilines is 2. The van der Waals surface area contributed by atoms with Gasteiger partial charge >= 0.3 is 6.09 Å². The number of para-hydroxylation sites is 1. The van der Waals surface area contributed by atoms with Crippen molar-refractivity contribution in [2.24, 2.45) is 0 Å². The molecule has 2 atom stereocenters. The van der Waals surface area contributed by atoms with Crippen LogP contribution < -0.4 is 19.9 Å². The molecule has 0 bridgehead atoms. The number of rotatable bonds is 3. The molecule has 0 spiro atoms. The van der Waals surface area contributed by atoms with Gasteiger partial charge in [-0.3, -0.25) is 9.80 Å². The lowest BCUT2D eigenvalue weighted by Crippen LogP contribution is -2.30. The molecular weight excluding hydrogens is 298 g/mol. The zero-order valence-electron chi connectivity index (χ0n) is 12.2. The van der Waals surface area contributed by atoms with E-state index in [4.69, 9.17) is 9.47 Å². The number of nitrogens with zero attached hydrogens (tertiary/aromatic N) is 2. The minimum absolute atomic E-state index is 0.233. The Morgan fingerprint density at radius 2 is 2.26 bits per heavy atom. The van der Waals surface area contributed by atoms with Crippen molar-refractivity contribution in [3.05, 3.63) is 55.3 Å². The van der Waals surface area contributed by atoms with Crippen LogP contribution in [0.25, 0.3) is 0 Å². The largest absolute Gasteiger partial charge is 0.457 e. The lowest BCUT2D eigenvalue weighted by Gasteiger charge is -2.27. The molecule has 4 rings (SSSR count). The summed E-state index contributed by atoms with van der Waals surface area (Å²) >= 11 is 0. The molecule has 0 aromatic heterocycles. The molecule has 0 aliphatic carbocycles. The Balaban J connectivity index is 1.70. The van der Waals surface area contributed by atoms with Crippen LogP contribution in [-0.2, 0) is 4.74 Å². The highest BCUT2D eigenvalue weighted by atomic mass is 16.6. The molecule has 1 saturated heterocycles. The maximum absolute atomic E-state index is 12.2. The second-order valence-electron chi connectivity index (χ2n) is 5.34. The van der Waals surface area contributed by atoms with Crippen LogP contribution in [0, 0.1) is 0 Å². The number of carbonyl (C=O) groups is 1. The SMILES string of the molecule is C=CC(O)[C@H]1CN(c2cccc3c2OC=C2NC=CN23)C(=O)O1. The van der Waals surface area contributed by atoms with E-state index < -0.39 is 18.3 Å². The summed E-state index contributed by atoms with van der Waals surface area (Å²) in [6, 6.07) is 5.53. The number of cyclic esters (lactones) is 1. The molecule has 0 saturated carbocycles. The third-order valence-electron chi connectivity index (χ3n) is 3.98. The number of nitrogens with one attached hydrogen (secondary N) is 1. The maximum Gasteiger partial charge on any atom is 0.414 e. The quantitative estimate of drug-likeness (QED) is 0.826. The average molecular weight is 313 g/mol. The predicted molar refractivity (Wildman–Crippen MR) is 83.7 cm³/mol. The molecule has 1 aromatic carbocycles. The Bertz CT molecular complexity index is 743. The third kappa shape index (κ3) is 2.05. The molecule has 0 radical (unpaired) electrons. The average Bonchev–Trinajstić information content (AvgIpc) is 3.20. The highest BCUT2D eigenvalue weighted by Crippen LogP contribution is 2.44. The van der Waals surface area contributed by atoms with Crippen molar-refractivity contribution in [1.29, 1.82) is 0 Å². The fourth-order valence-electron chi connectivity index (χ4n) is 2.81. The van der Waals surface area contributed by atoms with E-state index in [-0.39, 0.29) is 6.54 Å². The number of hydrogen-bond acceptors (Lipinski definition) is 6. The van der Waals surface area contributed by atoms with E-state index >= 15 is 0 Å². The van der Waals surface area contributed by atoms with E-state index in [9.17, 15) is 9.90 Å². The molecule has 3 aliphatic heterocycles. The van der Waals surface area contributed by atoms with E-state index in [0.29, 0.717) is 11.4 Å². The van der Waals surface area contributed by atoms with Gasteiger partial charge in [0.05, 0.1) is 17.9 Å². The smallest absolute Gasteiger partial charge is 0.414 e. The lowest BCUT2D eigenvalue weighted by molar-refractivity contribution is 0.0593. The van der Waals surface area contributed by atoms with Gasteiger partial charge in [0.1, 0.15) is 12.4 Å². The van der Waals surface area contributed by atoms with Gasteiger partial charge in [0, 0.05) is 12.4 Å². The summed E-state index contributed by atoms with van der Waals surface area (Å²) in [5.41, 5.74) is 1.42. The standard InChI is InChI=1S/C16H15N3O4/c1-2-12(20)13-8-19(16(21)23-13)11-5-3-4-10-15(11)22-9-14-17-6-7-18(10)14/h2-7,9,12-13,17,20H,1,8H2/t12?,13-/m1/s1. The van der Waals surface area contributed by atoms with Gasteiger partial charge in [-0.1, -0.05) is 12.1 Å². The first-order valence-corrected chi connectivity index (χ1v) is 7.20. The van der Waals surface area contributed by atoms with Crippen LogP contribution in [0.15, 0.2) is 55.3 Å². The first-order valence-electron chi connectivity index (χ1n) is 7.20. The fourth-order valence-corrected chi connectivity index (χ4v) is 2.81. The van der Waals surface area contributed by atoms with Gasteiger partial charge in [0.15, 0.2) is 17.7 Å². The molecule has 1 amide bonds. The monoisotopic (exact) mass is 313 g/mol. The second kappa shape index (κ2) is 5.06. The van der Waals surface area contributed by atoms with E-state index in [1.54, 1.807) is 18.5 Å². The predicted octanol–water partition coefficient (Wildman–Crippen LogP) is 1.63. The maximum atomic E-state index is 12.2. The molecule has 118 valence electrons. The van der Waals surface area contributed by atoms with Gasteiger partial charge in [-0.05, 0) is 12.1 Å². The molecule has 3 aliphatic rings. The van der Waals surface area contributed by atoms with E-state index in [0.717, 1.165) is 11.5 Å². The summed E-state index contributed by atoms with van der Waals surface area (Å²) in [6.45, 7) is 3.75. The molecule has 1 unspecified atom stereocenters. The molecule has 23 heavy (non-hydrogen) atoms. The Hall–Kier alpha value is -2.93. The number of aliphatic hydroxyl groups is 1. The summed E-state index contributed by atoms with van der Waals surface area (Å²) in [7, 11) is 0. The summed E-state index contributed by atoms with van der Waals surface area (Å²) in [4.78, 5) is 15.6. The van der Waals surface area contributed by atoms with Crippen molar-refractivity contribution in [1.82, 2.24) is 5.32 Å². The second-order valence-corrected chi connectivity index (χ2v) is 5.34. The van der Waals surface area contributed by atoms with Crippen molar-refractivity contribution in [3.63, 3.8) is 0 Å². The number of amides is 1. The fraction of sp³-hybridized carbons (Fsp3) is 0.188. The van der Waals surface area contributed by atoms with Gasteiger partial charge in [0.25, 0.3) is 0 Å². The molecular formula is C16H15N3O4. The van der Waals surface area contributed by atoms with Crippen LogP contribution in [-0.4, -0.2) is 30.0 Å². The number of fused-ring (bicyclic) bond motifs is 3. The number of aliphatic hydroxyl groups excluding tert-OH is 1. The van der Waals surface area contributed by atoms with Crippen LogP contribution in [0.2, 0.25) is 0 Å². The zero-order chi connectivity index (χ0) is 16.0. The molecule has 1 fully saturated rings. The third-order valence-corrected chi connectivity index (χ3v) is 3.98.